The Morgan fingerprint density at radius 1 is 1.40 bits per heavy atom. The van der Waals surface area contributed by atoms with Crippen molar-refractivity contribution in [1.82, 2.24) is 0 Å². The smallest absolute Gasteiger partial charge is 0.332 e. The summed E-state index contributed by atoms with van der Waals surface area (Å²) < 4.78 is 5.14. The molecule has 0 bridgehead atoms. The fraction of sp³-hybridized carbons (Fsp3) is 0.818. The third kappa shape index (κ3) is 6.86. The molecule has 1 atom stereocenters. The van der Waals surface area contributed by atoms with E-state index in [1.807, 2.05) is 13.8 Å². The van der Waals surface area contributed by atoms with Gasteiger partial charge in [-0.2, -0.15) is 4.99 Å². The Bertz CT molecular complexity index is 259. The molecule has 0 rings (SSSR count). The number of aliphatic imine (C=N–C) groups is 1. The summed E-state index contributed by atoms with van der Waals surface area (Å²) in [6.07, 6.45) is 1.92. The lowest BCUT2D eigenvalue weighted by atomic mass is 10.0. The quantitative estimate of drug-likeness (QED) is 0.408. The molecule has 0 heterocycles. The summed E-state index contributed by atoms with van der Waals surface area (Å²) in [4.78, 5) is 25.2. The van der Waals surface area contributed by atoms with Crippen LogP contribution >= 0.6 is 0 Å². The summed E-state index contributed by atoms with van der Waals surface area (Å²) in [6, 6.07) is -0.721. The summed E-state index contributed by atoms with van der Waals surface area (Å²) in [6.45, 7) is 9.25. The molecule has 0 spiro atoms. The number of carbonyl (C=O) groups is 1. The van der Waals surface area contributed by atoms with Crippen LogP contribution in [0.15, 0.2) is 4.99 Å². The molecule has 15 heavy (non-hydrogen) atoms. The van der Waals surface area contributed by atoms with E-state index >= 15 is 0 Å². The molecule has 0 saturated carbocycles. The van der Waals surface area contributed by atoms with E-state index in [-0.39, 0.29) is 5.92 Å². The molecular formula is C11H19NO3. The lowest BCUT2D eigenvalue weighted by molar-refractivity contribution is -0.156. The van der Waals surface area contributed by atoms with Crippen LogP contribution in [-0.2, 0) is 14.3 Å². The molecule has 0 aliphatic rings. The number of hydrogen-bond donors (Lipinski definition) is 0. The number of carbonyl (C=O) groups excluding carboxylic acids is 2. The van der Waals surface area contributed by atoms with Crippen molar-refractivity contribution in [3.8, 4) is 0 Å². The zero-order valence-electron chi connectivity index (χ0n) is 10.0. The van der Waals surface area contributed by atoms with Crippen molar-refractivity contribution in [2.45, 2.75) is 52.7 Å². The van der Waals surface area contributed by atoms with Gasteiger partial charge in [0.15, 0.2) is 6.04 Å². The maximum atomic E-state index is 11.6. The van der Waals surface area contributed by atoms with Crippen LogP contribution in [0.3, 0.4) is 0 Å². The molecule has 0 aromatic rings. The van der Waals surface area contributed by atoms with Crippen molar-refractivity contribution >= 4 is 12.0 Å². The van der Waals surface area contributed by atoms with Crippen molar-refractivity contribution in [3.05, 3.63) is 0 Å². The van der Waals surface area contributed by atoms with Gasteiger partial charge in [0.25, 0.3) is 0 Å². The van der Waals surface area contributed by atoms with Gasteiger partial charge in [-0.1, -0.05) is 13.8 Å². The van der Waals surface area contributed by atoms with Crippen LogP contribution < -0.4 is 0 Å². The van der Waals surface area contributed by atoms with Gasteiger partial charge in [-0.3, -0.25) is 0 Å². The van der Waals surface area contributed by atoms with E-state index in [1.165, 1.54) is 6.08 Å². The predicted molar refractivity (Wildman–Crippen MR) is 57.2 cm³/mol. The van der Waals surface area contributed by atoms with Crippen molar-refractivity contribution < 1.29 is 14.3 Å². The van der Waals surface area contributed by atoms with Gasteiger partial charge in [0.2, 0.25) is 6.08 Å². The largest absolute Gasteiger partial charge is 0.458 e. The SMILES string of the molecule is CC(C)CC(N=C=O)C(=O)OC(C)(C)C. The molecule has 0 aliphatic carbocycles. The Balaban J connectivity index is 4.49. The first-order chi connectivity index (χ1) is 6.76. The number of rotatable bonds is 4. The zero-order valence-corrected chi connectivity index (χ0v) is 10.0. The topological polar surface area (TPSA) is 55.7 Å². The Morgan fingerprint density at radius 2 is 1.93 bits per heavy atom. The van der Waals surface area contributed by atoms with Gasteiger partial charge in [-0.05, 0) is 33.1 Å². The highest BCUT2D eigenvalue weighted by Crippen LogP contribution is 2.14. The van der Waals surface area contributed by atoms with Crippen LogP contribution in [0.2, 0.25) is 0 Å². The monoisotopic (exact) mass is 213 g/mol. The van der Waals surface area contributed by atoms with Crippen LogP contribution in [-0.4, -0.2) is 23.7 Å². The Hall–Kier alpha value is -1.15. The van der Waals surface area contributed by atoms with E-state index in [9.17, 15) is 9.59 Å². The van der Waals surface area contributed by atoms with Crippen LogP contribution in [0.1, 0.15) is 41.0 Å². The molecule has 0 aliphatic heterocycles. The lowest BCUT2D eigenvalue weighted by Crippen LogP contribution is -2.31. The molecule has 4 heteroatoms. The fourth-order valence-corrected chi connectivity index (χ4v) is 1.08. The maximum Gasteiger partial charge on any atom is 0.332 e. The third-order valence-corrected chi connectivity index (χ3v) is 1.58. The van der Waals surface area contributed by atoms with Crippen molar-refractivity contribution in [1.29, 1.82) is 0 Å². The van der Waals surface area contributed by atoms with E-state index in [1.54, 1.807) is 20.8 Å². The van der Waals surface area contributed by atoms with Gasteiger partial charge < -0.3 is 4.74 Å². The van der Waals surface area contributed by atoms with Gasteiger partial charge >= 0.3 is 5.97 Å². The number of ether oxygens (including phenoxy) is 1. The summed E-state index contributed by atoms with van der Waals surface area (Å²) in [7, 11) is 0. The van der Waals surface area contributed by atoms with Crippen LogP contribution in [0.25, 0.3) is 0 Å². The zero-order chi connectivity index (χ0) is 12.1. The van der Waals surface area contributed by atoms with E-state index in [2.05, 4.69) is 4.99 Å². The number of esters is 1. The molecule has 0 saturated heterocycles. The number of hydrogen-bond acceptors (Lipinski definition) is 4. The minimum Gasteiger partial charge on any atom is -0.458 e. The molecule has 0 aromatic heterocycles. The molecule has 1 unspecified atom stereocenters. The van der Waals surface area contributed by atoms with E-state index in [4.69, 9.17) is 4.74 Å². The summed E-state index contributed by atoms with van der Waals surface area (Å²) >= 11 is 0. The van der Waals surface area contributed by atoms with E-state index in [0.29, 0.717) is 6.42 Å². The first-order valence-electron chi connectivity index (χ1n) is 5.06. The minimum absolute atomic E-state index is 0.277. The Morgan fingerprint density at radius 3 is 2.27 bits per heavy atom. The van der Waals surface area contributed by atoms with Crippen molar-refractivity contribution in [3.63, 3.8) is 0 Å². The summed E-state index contributed by atoms with van der Waals surface area (Å²) in [5.74, 6) is -0.181. The van der Waals surface area contributed by atoms with Gasteiger partial charge in [-0.15, -0.1) is 0 Å². The second kappa shape index (κ2) is 5.66. The van der Waals surface area contributed by atoms with Gasteiger partial charge in [0.1, 0.15) is 5.60 Å². The maximum absolute atomic E-state index is 11.6. The molecule has 0 amide bonds. The van der Waals surface area contributed by atoms with Crippen molar-refractivity contribution in [2.24, 2.45) is 10.9 Å². The highest BCUT2D eigenvalue weighted by molar-refractivity contribution is 5.77. The number of nitrogens with zero attached hydrogens (tertiary/aromatic N) is 1. The fourth-order valence-electron chi connectivity index (χ4n) is 1.08. The number of isocyanates is 1. The average molecular weight is 213 g/mol. The second-order valence-corrected chi connectivity index (χ2v) is 4.90. The van der Waals surface area contributed by atoms with Crippen LogP contribution in [0, 0.1) is 5.92 Å². The second-order valence-electron chi connectivity index (χ2n) is 4.90. The highest BCUT2D eigenvalue weighted by Gasteiger charge is 2.25. The van der Waals surface area contributed by atoms with Crippen LogP contribution in [0.4, 0.5) is 0 Å². The standard InChI is InChI=1S/C11H19NO3/c1-8(2)6-9(12-7-13)10(14)15-11(3,4)5/h8-9H,6H2,1-5H3. The highest BCUT2D eigenvalue weighted by atomic mass is 16.6. The van der Waals surface area contributed by atoms with Gasteiger partial charge in [-0.25, -0.2) is 9.59 Å². The Labute approximate surface area is 90.7 Å². The van der Waals surface area contributed by atoms with E-state index in [0.717, 1.165) is 0 Å². The first kappa shape index (κ1) is 13.8. The summed E-state index contributed by atoms with van der Waals surface area (Å²) in [5.41, 5.74) is -0.551. The molecule has 86 valence electrons. The predicted octanol–water partition coefficient (Wildman–Crippen LogP) is 2.08. The first-order valence-corrected chi connectivity index (χ1v) is 5.06. The minimum atomic E-state index is -0.721. The third-order valence-electron chi connectivity index (χ3n) is 1.58. The molecule has 0 aromatic carbocycles. The Kier molecular flexibility index (Phi) is 5.23. The molecule has 4 nitrogen and oxygen atoms in total. The molecule has 0 radical (unpaired) electrons. The van der Waals surface area contributed by atoms with Crippen molar-refractivity contribution in [2.75, 3.05) is 0 Å². The molecular weight excluding hydrogens is 194 g/mol. The molecule has 0 N–H and O–H groups in total. The van der Waals surface area contributed by atoms with E-state index < -0.39 is 17.6 Å². The lowest BCUT2D eigenvalue weighted by Gasteiger charge is -2.22. The van der Waals surface area contributed by atoms with Gasteiger partial charge in [0.05, 0.1) is 0 Å². The van der Waals surface area contributed by atoms with Gasteiger partial charge in [0, 0.05) is 0 Å². The normalized spacial score (nSPS) is 13.2. The summed E-state index contributed by atoms with van der Waals surface area (Å²) in [5, 5.41) is 0. The molecule has 0 fully saturated rings. The van der Waals surface area contributed by atoms with Crippen LogP contribution in [0.5, 0.6) is 0 Å². The average Bonchev–Trinajstić information content (AvgIpc) is 1.99.